The van der Waals surface area contributed by atoms with Crippen LogP contribution in [0.4, 0.5) is 17.1 Å². The first-order valence-electron chi connectivity index (χ1n) is 9.97. The van der Waals surface area contributed by atoms with Crippen LogP contribution in [0.2, 0.25) is 0 Å². The minimum Gasteiger partial charge on any atom is -0.398 e. The highest BCUT2D eigenvalue weighted by molar-refractivity contribution is 6.58. The Kier molecular flexibility index (Phi) is 10.3. The first-order chi connectivity index (χ1) is 15.6. The molecule has 3 nitrogen and oxygen atoms in total. The molecule has 0 heterocycles. The number of hydrogen-bond acceptors (Lipinski definition) is 3. The van der Waals surface area contributed by atoms with Gasteiger partial charge in [0.1, 0.15) is 8.98 Å². The molecule has 0 bridgehead atoms. The Hall–Kier alpha value is -2.43. The number of benzene rings is 3. The third-order valence-corrected chi connectivity index (χ3v) is 5.97. The van der Waals surface area contributed by atoms with E-state index in [1.165, 1.54) is 0 Å². The molecule has 3 N–H and O–H groups in total. The van der Waals surface area contributed by atoms with Gasteiger partial charge in [-0.2, -0.15) is 0 Å². The highest BCUT2D eigenvalue weighted by atomic mass is 35.5. The summed E-state index contributed by atoms with van der Waals surface area (Å²) in [5.74, 6) is 0.0506. The molecule has 0 aliphatic heterocycles. The number of Topliss-reactive ketones (excluding diaryl/α,β-unsaturated/α-hetero) is 1. The monoisotopic (exact) mass is 520 g/mol. The largest absolute Gasteiger partial charge is 0.398 e. The van der Waals surface area contributed by atoms with Crippen LogP contribution in [0.25, 0.3) is 11.1 Å². The van der Waals surface area contributed by atoms with E-state index < -0.39 is 0 Å². The number of halogens is 4. The fraction of sp³-hybridized carbons (Fsp3) is 0.115. The lowest BCUT2D eigenvalue weighted by Gasteiger charge is -2.13. The number of nitrogens with one attached hydrogen (secondary N) is 1. The van der Waals surface area contributed by atoms with Crippen molar-refractivity contribution in [2.24, 2.45) is 0 Å². The van der Waals surface area contributed by atoms with Gasteiger partial charge in [0.05, 0.1) is 0 Å². The van der Waals surface area contributed by atoms with Crippen molar-refractivity contribution in [3.8, 4) is 0 Å². The average molecular weight is 522 g/mol. The number of para-hydroxylation sites is 2. The van der Waals surface area contributed by atoms with E-state index in [4.69, 9.17) is 52.1 Å². The molecule has 3 aromatic rings. The molecule has 0 aliphatic carbocycles. The summed E-state index contributed by atoms with van der Waals surface area (Å²) in [6.07, 6.45) is 0. The first kappa shape index (κ1) is 26.8. The Morgan fingerprint density at radius 3 is 1.70 bits per heavy atom. The van der Waals surface area contributed by atoms with Crippen molar-refractivity contribution in [2.45, 2.75) is 20.8 Å². The van der Waals surface area contributed by atoms with Gasteiger partial charge in [0.2, 0.25) is 0 Å². The Bertz CT molecular complexity index is 1180. The van der Waals surface area contributed by atoms with E-state index in [1.54, 1.807) is 19.1 Å². The standard InChI is InChI=1S/C17H15Cl2NO.C9H9Cl2N/c1-11(17(18)19)15-5-3-4-6-16(15)20-14-9-7-13(8-10-14)12(2)21;1-6(9(10)11)7-4-2-3-5-8(7)12/h3-10,20H,1-2H3;2-5H,12H2,1H3. The van der Waals surface area contributed by atoms with Crippen molar-refractivity contribution in [2.75, 3.05) is 11.1 Å². The molecule has 0 unspecified atom stereocenters. The third kappa shape index (κ3) is 7.83. The Morgan fingerprint density at radius 1 is 0.697 bits per heavy atom. The molecule has 0 spiro atoms. The molecule has 0 fully saturated rings. The second-order valence-corrected chi connectivity index (χ2v) is 9.06. The number of carbonyl (C=O) groups excluding carboxylic acids is 1. The molecule has 0 saturated heterocycles. The van der Waals surface area contributed by atoms with Crippen LogP contribution in [-0.4, -0.2) is 5.78 Å². The molecule has 0 atom stereocenters. The zero-order valence-corrected chi connectivity index (χ0v) is 21.4. The second-order valence-electron chi connectivity index (χ2n) is 7.16. The van der Waals surface area contributed by atoms with Gasteiger partial charge >= 0.3 is 0 Å². The molecular formula is C26H24Cl4N2O. The third-order valence-electron chi connectivity index (χ3n) is 4.83. The van der Waals surface area contributed by atoms with Crippen LogP contribution in [0.3, 0.4) is 0 Å². The van der Waals surface area contributed by atoms with E-state index in [9.17, 15) is 4.79 Å². The molecule has 172 valence electrons. The molecule has 0 radical (unpaired) electrons. The number of allylic oxidation sites excluding steroid dienone is 2. The van der Waals surface area contributed by atoms with Crippen molar-refractivity contribution in [1.82, 2.24) is 0 Å². The van der Waals surface area contributed by atoms with Gasteiger partial charge in [-0.15, -0.1) is 0 Å². The number of rotatable bonds is 5. The summed E-state index contributed by atoms with van der Waals surface area (Å²) in [6, 6.07) is 22.6. The maximum Gasteiger partial charge on any atom is 0.159 e. The van der Waals surface area contributed by atoms with Gasteiger partial charge in [-0.1, -0.05) is 82.8 Å². The molecule has 33 heavy (non-hydrogen) atoms. The van der Waals surface area contributed by atoms with Crippen molar-refractivity contribution in [3.05, 3.63) is 98.5 Å². The van der Waals surface area contributed by atoms with Crippen LogP contribution < -0.4 is 11.1 Å². The van der Waals surface area contributed by atoms with E-state index in [-0.39, 0.29) is 14.8 Å². The topological polar surface area (TPSA) is 55.1 Å². The van der Waals surface area contributed by atoms with Gasteiger partial charge in [-0.05, 0) is 68.3 Å². The molecular weight excluding hydrogens is 498 g/mol. The minimum atomic E-state index is 0.0506. The van der Waals surface area contributed by atoms with Crippen molar-refractivity contribution < 1.29 is 4.79 Å². The van der Waals surface area contributed by atoms with Crippen LogP contribution >= 0.6 is 46.4 Å². The zero-order valence-electron chi connectivity index (χ0n) is 18.4. The predicted molar refractivity (Wildman–Crippen MR) is 146 cm³/mol. The van der Waals surface area contributed by atoms with E-state index in [1.807, 2.05) is 74.5 Å². The van der Waals surface area contributed by atoms with E-state index in [2.05, 4.69) is 5.32 Å². The molecule has 3 rings (SSSR count). The average Bonchev–Trinajstić information content (AvgIpc) is 2.79. The van der Waals surface area contributed by atoms with Gasteiger partial charge in [0.25, 0.3) is 0 Å². The quantitative estimate of drug-likeness (QED) is 0.260. The lowest BCUT2D eigenvalue weighted by Crippen LogP contribution is -1.96. The van der Waals surface area contributed by atoms with Crippen molar-refractivity contribution in [1.29, 1.82) is 0 Å². The Balaban J connectivity index is 0.000000273. The smallest absolute Gasteiger partial charge is 0.159 e. The number of anilines is 3. The summed E-state index contributed by atoms with van der Waals surface area (Å²) < 4.78 is 0.504. The summed E-state index contributed by atoms with van der Waals surface area (Å²) in [7, 11) is 0. The van der Waals surface area contributed by atoms with Crippen LogP contribution in [0.15, 0.2) is 81.8 Å². The summed E-state index contributed by atoms with van der Waals surface area (Å²) in [4.78, 5) is 11.3. The van der Waals surface area contributed by atoms with Crippen LogP contribution in [-0.2, 0) is 0 Å². The number of carbonyl (C=O) groups is 1. The predicted octanol–water partition coefficient (Wildman–Crippen LogP) is 9.23. The van der Waals surface area contributed by atoms with Gasteiger partial charge in [-0.3, -0.25) is 4.79 Å². The summed E-state index contributed by atoms with van der Waals surface area (Å²) in [5.41, 5.74) is 12.3. The van der Waals surface area contributed by atoms with Gasteiger partial charge in [0.15, 0.2) is 5.78 Å². The highest BCUT2D eigenvalue weighted by Gasteiger charge is 2.07. The summed E-state index contributed by atoms with van der Waals surface area (Å²) in [5, 5.41) is 3.31. The van der Waals surface area contributed by atoms with Crippen LogP contribution in [0.5, 0.6) is 0 Å². The number of hydrogen-bond donors (Lipinski definition) is 2. The summed E-state index contributed by atoms with van der Waals surface area (Å²) in [6.45, 7) is 5.25. The highest BCUT2D eigenvalue weighted by Crippen LogP contribution is 2.31. The maximum absolute atomic E-state index is 11.3. The molecule has 0 amide bonds. The van der Waals surface area contributed by atoms with E-state index >= 15 is 0 Å². The molecule has 3 aromatic carbocycles. The van der Waals surface area contributed by atoms with Gasteiger partial charge in [0, 0.05) is 33.8 Å². The molecule has 7 heteroatoms. The fourth-order valence-corrected chi connectivity index (χ4v) is 3.31. The summed E-state index contributed by atoms with van der Waals surface area (Å²) >= 11 is 23.0. The fourth-order valence-electron chi connectivity index (χ4n) is 2.91. The van der Waals surface area contributed by atoms with Gasteiger partial charge < -0.3 is 11.1 Å². The molecule has 0 aliphatic rings. The SMILES string of the molecule is CC(=C(Cl)Cl)c1ccccc1N.CC(=O)c1ccc(Nc2ccccc2C(C)=C(Cl)Cl)cc1. The lowest BCUT2D eigenvalue weighted by molar-refractivity contribution is 0.101. The van der Waals surface area contributed by atoms with Crippen molar-refractivity contribution >= 4 is 80.4 Å². The maximum atomic E-state index is 11.3. The molecule has 0 saturated carbocycles. The lowest BCUT2D eigenvalue weighted by atomic mass is 10.1. The second kappa shape index (κ2) is 12.7. The molecule has 0 aromatic heterocycles. The number of ketones is 1. The Labute approximate surface area is 214 Å². The zero-order chi connectivity index (χ0) is 24.5. The van der Waals surface area contributed by atoms with Crippen LogP contribution in [0, 0.1) is 0 Å². The number of nitrogens with two attached hydrogens (primary N) is 1. The van der Waals surface area contributed by atoms with Crippen LogP contribution in [0.1, 0.15) is 42.3 Å². The van der Waals surface area contributed by atoms with E-state index in [0.29, 0.717) is 11.3 Å². The minimum absolute atomic E-state index is 0.0506. The normalized spacial score (nSPS) is 9.91. The Morgan fingerprint density at radius 2 is 1.18 bits per heavy atom. The number of nitrogen functional groups attached to an aromatic ring is 1. The van der Waals surface area contributed by atoms with Crippen molar-refractivity contribution in [3.63, 3.8) is 0 Å². The van der Waals surface area contributed by atoms with Gasteiger partial charge in [-0.25, -0.2) is 0 Å². The first-order valence-corrected chi connectivity index (χ1v) is 11.5. The van der Waals surface area contributed by atoms with E-state index in [0.717, 1.165) is 33.6 Å².